The number of aliphatic carboxylic acids is 1. The van der Waals surface area contributed by atoms with Crippen LogP contribution in [0, 0.1) is 5.92 Å². The van der Waals surface area contributed by atoms with Crippen molar-refractivity contribution in [3.8, 4) is 11.5 Å². The summed E-state index contributed by atoms with van der Waals surface area (Å²) in [6.45, 7) is 4.40. The number of H-pyrrole nitrogens is 1. The van der Waals surface area contributed by atoms with Crippen LogP contribution in [-0.2, 0) is 34.7 Å². The van der Waals surface area contributed by atoms with Crippen molar-refractivity contribution in [1.82, 2.24) is 25.0 Å². The van der Waals surface area contributed by atoms with Crippen molar-refractivity contribution < 1.29 is 39.5 Å². The van der Waals surface area contributed by atoms with Crippen LogP contribution >= 0.6 is 0 Å². The van der Waals surface area contributed by atoms with E-state index in [0.717, 1.165) is 43.6 Å². The summed E-state index contributed by atoms with van der Waals surface area (Å²) in [5.74, 6) is -1.33. The molecular weight excluding hydrogens is 839 g/mol. The molecule has 14 nitrogen and oxygen atoms in total. The molecule has 8 rings (SSSR count). The van der Waals surface area contributed by atoms with E-state index in [1.807, 2.05) is 30.3 Å². The molecule has 14 heteroatoms. The number of carboxylic acids is 1. The number of fused-ring (bicyclic) bond motifs is 1. The number of phenols is 1. The number of likely N-dealkylation sites (tertiary alicyclic amines) is 1. The number of piperidine rings is 1. The first kappa shape index (κ1) is 45.7. The lowest BCUT2D eigenvalue weighted by atomic mass is 9.80. The molecule has 66 heavy (non-hydrogen) atoms. The number of nitrogens with one attached hydrogen (secondary N) is 2. The molecule has 3 heterocycles. The number of ether oxygens (including phenoxy) is 1. The Balaban J connectivity index is 0.807. The van der Waals surface area contributed by atoms with Gasteiger partial charge in [-0.1, -0.05) is 84.9 Å². The van der Waals surface area contributed by atoms with Gasteiger partial charge in [0.05, 0.1) is 11.6 Å². The van der Waals surface area contributed by atoms with Crippen LogP contribution in [0.3, 0.4) is 0 Å². The fourth-order valence-corrected chi connectivity index (χ4v) is 9.11. The number of aromatic hydroxyl groups is 1. The number of phenolic OH excluding ortho intramolecular Hbond substituents is 1. The van der Waals surface area contributed by atoms with Gasteiger partial charge < -0.3 is 45.3 Å². The van der Waals surface area contributed by atoms with Crippen molar-refractivity contribution in [2.45, 2.75) is 44.1 Å². The van der Waals surface area contributed by atoms with E-state index in [1.165, 1.54) is 23.8 Å². The van der Waals surface area contributed by atoms with Gasteiger partial charge in [-0.3, -0.25) is 19.3 Å². The van der Waals surface area contributed by atoms with E-state index in [-0.39, 0.29) is 53.1 Å². The molecule has 0 radical (unpaired) electrons. The number of aliphatic hydroxyl groups excluding tert-OH is 1. The molecule has 0 unspecified atom stereocenters. The number of carbonyl (C=O) groups is 3. The van der Waals surface area contributed by atoms with Crippen molar-refractivity contribution in [1.29, 1.82) is 0 Å². The minimum Gasteiger partial charge on any atom is -0.506 e. The lowest BCUT2D eigenvalue weighted by Gasteiger charge is -2.34. The first-order valence-electron chi connectivity index (χ1n) is 22.4. The molecule has 2 saturated heterocycles. The summed E-state index contributed by atoms with van der Waals surface area (Å²) in [5, 5.41) is 47.4. The van der Waals surface area contributed by atoms with Crippen molar-refractivity contribution in [2.24, 2.45) is 5.92 Å². The number of aromatic amines is 1. The van der Waals surface area contributed by atoms with Gasteiger partial charge >= 0.3 is 5.97 Å². The van der Waals surface area contributed by atoms with Crippen molar-refractivity contribution in [2.75, 3.05) is 52.4 Å². The fraction of sp³-hybridized carbons (Fsp3) is 0.308. The summed E-state index contributed by atoms with van der Waals surface area (Å²) >= 11 is 0. The van der Waals surface area contributed by atoms with E-state index >= 15 is 0 Å². The number of pyridine rings is 1. The predicted octanol–water partition coefficient (Wildman–Crippen LogP) is 5.20. The highest BCUT2D eigenvalue weighted by atomic mass is 16.5. The molecule has 0 spiro atoms. The number of rotatable bonds is 16. The summed E-state index contributed by atoms with van der Waals surface area (Å²) in [7, 11) is 0. The molecular formula is C52H55N5O9. The molecule has 6 aromatic rings. The van der Waals surface area contributed by atoms with E-state index in [9.17, 15) is 39.6 Å². The third kappa shape index (κ3) is 10.5. The first-order valence-corrected chi connectivity index (χ1v) is 22.4. The van der Waals surface area contributed by atoms with Crippen LogP contribution in [-0.4, -0.2) is 110 Å². The number of amides is 2. The van der Waals surface area contributed by atoms with E-state index in [4.69, 9.17) is 4.74 Å². The number of hydrogen-bond acceptors (Lipinski definition) is 10. The summed E-state index contributed by atoms with van der Waals surface area (Å²) < 4.78 is 5.90. The second-order valence-corrected chi connectivity index (χ2v) is 17.2. The van der Waals surface area contributed by atoms with Gasteiger partial charge in [-0.15, -0.1) is 0 Å². The Morgan fingerprint density at radius 2 is 1.50 bits per heavy atom. The number of carboxylic acid groups (broad SMARTS) is 1. The Labute approximate surface area is 382 Å². The van der Waals surface area contributed by atoms with E-state index in [2.05, 4.69) is 39.5 Å². The number of hydrogen-bond donors (Lipinski definition) is 6. The number of nitrogens with zero attached hydrogens (tertiary/aromatic N) is 3. The average Bonchev–Trinajstić information content (AvgIpc) is 3.34. The van der Waals surface area contributed by atoms with Gasteiger partial charge in [0.15, 0.2) is 6.61 Å². The molecule has 5 aromatic carbocycles. The van der Waals surface area contributed by atoms with Crippen LogP contribution in [0.1, 0.15) is 62.7 Å². The topological polar surface area (TPSA) is 196 Å². The Morgan fingerprint density at radius 3 is 2.24 bits per heavy atom. The summed E-state index contributed by atoms with van der Waals surface area (Å²) in [5.41, 5.74) is 2.04. The lowest BCUT2D eigenvalue weighted by molar-refractivity contribution is -0.155. The van der Waals surface area contributed by atoms with Crippen molar-refractivity contribution >= 4 is 28.7 Å². The van der Waals surface area contributed by atoms with Gasteiger partial charge in [0.2, 0.25) is 11.2 Å². The van der Waals surface area contributed by atoms with E-state index in [1.54, 1.807) is 64.4 Å². The van der Waals surface area contributed by atoms with Crippen LogP contribution in [0.25, 0.3) is 10.9 Å². The fourth-order valence-electron chi connectivity index (χ4n) is 9.11. The van der Waals surface area contributed by atoms with Crippen LogP contribution in [0.4, 0.5) is 0 Å². The smallest absolute Gasteiger partial charge is 0.345 e. The maximum atomic E-state index is 13.4. The Bertz CT molecular complexity index is 2710. The minimum absolute atomic E-state index is 0.0774. The molecule has 1 aromatic heterocycles. The van der Waals surface area contributed by atoms with E-state index in [0.29, 0.717) is 67.1 Å². The molecule has 2 aliphatic heterocycles. The zero-order valence-corrected chi connectivity index (χ0v) is 36.6. The Hall–Kier alpha value is -6.84. The van der Waals surface area contributed by atoms with Crippen molar-refractivity contribution in [3.63, 3.8) is 0 Å². The lowest BCUT2D eigenvalue weighted by Crippen LogP contribution is -2.51. The average molecular weight is 894 g/mol. The molecule has 2 amide bonds. The molecule has 2 atom stereocenters. The number of aromatic nitrogens is 1. The van der Waals surface area contributed by atoms with Crippen molar-refractivity contribution in [3.05, 3.63) is 177 Å². The van der Waals surface area contributed by atoms with Crippen LogP contribution in [0.2, 0.25) is 0 Å². The van der Waals surface area contributed by atoms with Gasteiger partial charge in [-0.25, -0.2) is 4.79 Å². The first-order chi connectivity index (χ1) is 32.0. The van der Waals surface area contributed by atoms with Gasteiger partial charge in [-0.05, 0) is 96.9 Å². The molecule has 2 aliphatic rings. The maximum absolute atomic E-state index is 13.4. The van der Waals surface area contributed by atoms with Gasteiger partial charge in [0, 0.05) is 74.0 Å². The largest absolute Gasteiger partial charge is 0.506 e. The summed E-state index contributed by atoms with van der Waals surface area (Å²) in [6.07, 6.45) is 1.67. The normalized spacial score (nSPS) is 16.2. The Morgan fingerprint density at radius 1 is 0.788 bits per heavy atom. The molecule has 6 N–H and O–H groups in total. The van der Waals surface area contributed by atoms with Gasteiger partial charge in [0.1, 0.15) is 11.5 Å². The summed E-state index contributed by atoms with van der Waals surface area (Å²) in [4.78, 5) is 59.8. The number of carbonyl (C=O) groups excluding carboxylic acids is 2. The highest BCUT2D eigenvalue weighted by molar-refractivity contribution is 5.94. The zero-order chi connectivity index (χ0) is 46.2. The summed E-state index contributed by atoms with van der Waals surface area (Å²) in [6, 6.07) is 37.0. The molecule has 2 fully saturated rings. The second-order valence-electron chi connectivity index (χ2n) is 17.2. The molecule has 0 aliphatic carbocycles. The predicted molar refractivity (Wildman–Crippen MR) is 249 cm³/mol. The standard InChI is InChI=1S/C52H55N5O9/c58-45-19-17-42(43-18-20-47(60)54-49(43)45)46(59)32-53-31-36-13-15-38(16-14-36)50(62)57-27-25-56(26-28-57)48(61)34-66-41-11-6-10-40(30-41)52(65,51(63)64)44-12-5-4-9-39(44)29-35-21-23-55(24-22-35)33-37-7-2-1-3-8-37/h1-20,30,35,46,53,58-59,65H,21-29,31-34H2,(H,54,60)(H,63,64)/t46-,52-/m0/s1. The number of benzene rings is 5. The van der Waals surface area contributed by atoms with Gasteiger partial charge in [0.25, 0.3) is 11.8 Å². The number of piperazine rings is 1. The number of aliphatic hydroxyl groups is 2. The monoisotopic (exact) mass is 893 g/mol. The van der Waals surface area contributed by atoms with Gasteiger partial charge in [-0.2, -0.15) is 0 Å². The highest BCUT2D eigenvalue weighted by Gasteiger charge is 2.42. The van der Waals surface area contributed by atoms with Crippen LogP contribution in [0.15, 0.2) is 132 Å². The van der Waals surface area contributed by atoms with Crippen LogP contribution < -0.4 is 15.6 Å². The maximum Gasteiger partial charge on any atom is 0.345 e. The third-order valence-corrected chi connectivity index (χ3v) is 12.8. The van der Waals surface area contributed by atoms with E-state index < -0.39 is 17.7 Å². The SMILES string of the molecule is O=C(COc1cccc([C@@](O)(C(=O)O)c2ccccc2CC2CCN(Cc3ccccc3)CC2)c1)N1CCN(C(=O)c2ccc(CNC[C@H](O)c3ccc(O)c4[nH]c(=O)ccc34)cc2)CC1. The second kappa shape index (κ2) is 20.6. The minimum atomic E-state index is -2.35. The molecule has 0 saturated carbocycles. The quantitative estimate of drug-likeness (QED) is 0.0748. The Kier molecular flexibility index (Phi) is 14.2. The van der Waals surface area contributed by atoms with Crippen LogP contribution in [0.5, 0.6) is 11.5 Å². The zero-order valence-electron chi connectivity index (χ0n) is 36.6. The molecule has 0 bridgehead atoms. The third-order valence-electron chi connectivity index (χ3n) is 12.8. The molecule has 342 valence electrons. The highest BCUT2D eigenvalue weighted by Crippen LogP contribution is 2.36.